The fourth-order valence-electron chi connectivity index (χ4n) is 2.90. The number of aromatic nitrogens is 1. The van der Waals surface area contributed by atoms with Crippen LogP contribution in [0.5, 0.6) is 11.5 Å². The van der Waals surface area contributed by atoms with E-state index in [-0.39, 0.29) is 17.2 Å². The van der Waals surface area contributed by atoms with Gasteiger partial charge in [-0.15, -0.1) is 0 Å². The molecule has 1 heterocycles. The first kappa shape index (κ1) is 21.4. The SMILES string of the molecule is O=C(Oc1ccccc1)N(Oc1ccccc1)c1nc(-c2ccc(F)cc2)ccc1[N+](=O)[O-]. The summed E-state index contributed by atoms with van der Waals surface area (Å²) in [5, 5.41) is 12.4. The Morgan fingerprint density at radius 1 is 0.848 bits per heavy atom. The zero-order chi connectivity index (χ0) is 23.2. The normalized spacial score (nSPS) is 10.3. The third-order valence-electron chi connectivity index (χ3n) is 4.44. The zero-order valence-corrected chi connectivity index (χ0v) is 17.0. The van der Waals surface area contributed by atoms with E-state index in [1.165, 1.54) is 36.4 Å². The number of ether oxygens (including phenoxy) is 1. The van der Waals surface area contributed by atoms with Crippen LogP contribution in [-0.2, 0) is 0 Å². The molecule has 0 spiro atoms. The second kappa shape index (κ2) is 9.56. The fourth-order valence-corrected chi connectivity index (χ4v) is 2.90. The lowest BCUT2D eigenvalue weighted by Gasteiger charge is -2.21. The van der Waals surface area contributed by atoms with Crippen LogP contribution in [0.2, 0.25) is 0 Å². The number of carbonyl (C=O) groups excluding carboxylic acids is 1. The van der Waals surface area contributed by atoms with Gasteiger partial charge in [0.05, 0.1) is 10.6 Å². The molecule has 0 saturated heterocycles. The number of hydrogen-bond donors (Lipinski definition) is 0. The Morgan fingerprint density at radius 2 is 1.45 bits per heavy atom. The topological polar surface area (TPSA) is 94.8 Å². The van der Waals surface area contributed by atoms with Crippen molar-refractivity contribution in [3.8, 4) is 22.8 Å². The monoisotopic (exact) mass is 445 g/mol. The van der Waals surface area contributed by atoms with E-state index in [9.17, 15) is 19.3 Å². The Hall–Kier alpha value is -4.79. The van der Waals surface area contributed by atoms with Crippen molar-refractivity contribution in [2.75, 3.05) is 5.06 Å². The van der Waals surface area contributed by atoms with E-state index in [0.29, 0.717) is 10.6 Å². The summed E-state index contributed by atoms with van der Waals surface area (Å²) in [5.74, 6) is -0.403. The molecule has 0 unspecified atom stereocenters. The molecule has 0 fully saturated rings. The first-order chi connectivity index (χ1) is 16.0. The van der Waals surface area contributed by atoms with Gasteiger partial charge in [-0.1, -0.05) is 41.5 Å². The number of halogens is 1. The van der Waals surface area contributed by atoms with Crippen molar-refractivity contribution in [2.24, 2.45) is 0 Å². The lowest BCUT2D eigenvalue weighted by atomic mass is 10.1. The maximum atomic E-state index is 13.3. The van der Waals surface area contributed by atoms with Crippen molar-refractivity contribution in [1.82, 2.24) is 4.98 Å². The molecule has 0 bridgehead atoms. The smallest absolute Gasteiger partial charge is 0.408 e. The highest BCUT2D eigenvalue weighted by atomic mass is 19.1. The van der Waals surface area contributed by atoms with Gasteiger partial charge in [-0.05, 0) is 54.6 Å². The van der Waals surface area contributed by atoms with Gasteiger partial charge in [0.2, 0.25) is 0 Å². The molecule has 0 atom stereocenters. The van der Waals surface area contributed by atoms with Crippen LogP contribution in [0.15, 0.2) is 97.1 Å². The molecule has 33 heavy (non-hydrogen) atoms. The highest BCUT2D eigenvalue weighted by Gasteiger charge is 2.31. The Morgan fingerprint density at radius 3 is 2.06 bits per heavy atom. The molecule has 3 aromatic carbocycles. The number of nitro groups is 1. The summed E-state index contributed by atoms with van der Waals surface area (Å²) in [6.45, 7) is 0. The Labute approximate surface area is 187 Å². The Kier molecular flexibility index (Phi) is 6.21. The number of hydrogen-bond acceptors (Lipinski definition) is 6. The largest absolute Gasteiger partial charge is 0.455 e. The molecule has 1 amide bonds. The van der Waals surface area contributed by atoms with Crippen molar-refractivity contribution >= 4 is 17.6 Å². The van der Waals surface area contributed by atoms with Crippen LogP contribution in [0.1, 0.15) is 0 Å². The second-order valence-electron chi connectivity index (χ2n) is 6.68. The van der Waals surface area contributed by atoms with Crippen molar-refractivity contribution < 1.29 is 23.7 Å². The fraction of sp³-hybridized carbons (Fsp3) is 0. The first-order valence-corrected chi connectivity index (χ1v) is 9.72. The minimum absolute atomic E-state index is 0.210. The minimum Gasteiger partial charge on any atom is -0.408 e. The quantitative estimate of drug-likeness (QED) is 0.275. The molecule has 0 aliphatic heterocycles. The number of hydroxylamine groups is 1. The van der Waals surface area contributed by atoms with Crippen LogP contribution in [0.4, 0.5) is 20.7 Å². The summed E-state index contributed by atoms with van der Waals surface area (Å²) in [6.07, 6.45) is -1.04. The van der Waals surface area contributed by atoms with Gasteiger partial charge in [0.25, 0.3) is 5.82 Å². The highest BCUT2D eigenvalue weighted by molar-refractivity contribution is 5.89. The molecule has 0 radical (unpaired) electrons. The number of carbonyl (C=O) groups is 1. The molecular formula is C24H16FN3O5. The molecule has 9 heteroatoms. The van der Waals surface area contributed by atoms with Crippen LogP contribution >= 0.6 is 0 Å². The predicted octanol–water partition coefficient (Wildman–Crippen LogP) is 5.80. The number of amides is 1. The molecule has 4 aromatic rings. The van der Waals surface area contributed by atoms with Crippen molar-refractivity contribution in [3.05, 3.63) is 113 Å². The molecule has 164 valence electrons. The van der Waals surface area contributed by atoms with Gasteiger partial charge in [-0.25, -0.2) is 14.2 Å². The van der Waals surface area contributed by atoms with Gasteiger partial charge in [0.15, 0.2) is 5.75 Å². The van der Waals surface area contributed by atoms with E-state index in [4.69, 9.17) is 9.57 Å². The maximum Gasteiger partial charge on any atom is 0.455 e. The van der Waals surface area contributed by atoms with Gasteiger partial charge in [-0.2, -0.15) is 0 Å². The van der Waals surface area contributed by atoms with Crippen molar-refractivity contribution in [2.45, 2.75) is 0 Å². The average molecular weight is 445 g/mol. The summed E-state index contributed by atoms with van der Waals surface area (Å²) >= 11 is 0. The Balaban J connectivity index is 1.79. The van der Waals surface area contributed by atoms with Crippen LogP contribution in [0.3, 0.4) is 0 Å². The maximum absolute atomic E-state index is 13.3. The first-order valence-electron chi connectivity index (χ1n) is 9.72. The highest BCUT2D eigenvalue weighted by Crippen LogP contribution is 2.31. The number of pyridine rings is 1. The number of rotatable bonds is 6. The van der Waals surface area contributed by atoms with Gasteiger partial charge in [-0.3, -0.25) is 10.1 Å². The molecule has 0 aliphatic rings. The molecule has 4 rings (SSSR count). The summed E-state index contributed by atoms with van der Waals surface area (Å²) < 4.78 is 18.7. The molecule has 0 saturated carbocycles. The molecule has 0 N–H and O–H groups in total. The summed E-state index contributed by atoms with van der Waals surface area (Å²) in [5.41, 5.74) is 0.273. The molecule has 8 nitrogen and oxygen atoms in total. The van der Waals surface area contributed by atoms with E-state index >= 15 is 0 Å². The van der Waals surface area contributed by atoms with Gasteiger partial charge < -0.3 is 9.57 Å². The van der Waals surface area contributed by atoms with E-state index in [2.05, 4.69) is 4.98 Å². The van der Waals surface area contributed by atoms with Crippen LogP contribution < -0.4 is 14.6 Å². The third-order valence-corrected chi connectivity index (χ3v) is 4.44. The van der Waals surface area contributed by atoms with E-state index < -0.39 is 28.3 Å². The number of anilines is 1. The average Bonchev–Trinajstić information content (AvgIpc) is 2.84. The summed E-state index contributed by atoms with van der Waals surface area (Å²) in [6, 6.07) is 24.4. The second-order valence-corrected chi connectivity index (χ2v) is 6.68. The van der Waals surface area contributed by atoms with Crippen LogP contribution in [0, 0.1) is 15.9 Å². The van der Waals surface area contributed by atoms with Gasteiger partial charge in [0, 0.05) is 11.6 Å². The molecule has 0 aliphatic carbocycles. The summed E-state index contributed by atoms with van der Waals surface area (Å²) in [7, 11) is 0. The number of para-hydroxylation sites is 2. The van der Waals surface area contributed by atoms with E-state index in [0.717, 1.165) is 0 Å². The van der Waals surface area contributed by atoms with Crippen molar-refractivity contribution in [3.63, 3.8) is 0 Å². The molecule has 1 aromatic heterocycles. The van der Waals surface area contributed by atoms with Gasteiger partial charge >= 0.3 is 11.8 Å². The minimum atomic E-state index is -1.04. The number of benzene rings is 3. The Bertz CT molecular complexity index is 1270. The van der Waals surface area contributed by atoms with Crippen LogP contribution in [0.25, 0.3) is 11.3 Å². The summed E-state index contributed by atoms with van der Waals surface area (Å²) in [4.78, 5) is 34.1. The number of nitrogens with zero attached hydrogens (tertiary/aromatic N) is 3. The van der Waals surface area contributed by atoms with Crippen LogP contribution in [-0.4, -0.2) is 16.0 Å². The lowest BCUT2D eigenvalue weighted by molar-refractivity contribution is -0.384. The standard InChI is InChI=1S/C24H16FN3O5/c25-18-13-11-17(12-14-18)21-15-16-22(28(30)31)23(26-21)27(33-20-9-5-2-6-10-20)24(29)32-19-7-3-1-4-8-19/h1-16H. The van der Waals surface area contributed by atoms with E-state index in [1.54, 1.807) is 60.7 Å². The van der Waals surface area contributed by atoms with Gasteiger partial charge in [0.1, 0.15) is 11.6 Å². The molecular weight excluding hydrogens is 429 g/mol. The lowest BCUT2D eigenvalue weighted by Crippen LogP contribution is -2.37. The zero-order valence-electron chi connectivity index (χ0n) is 17.0. The van der Waals surface area contributed by atoms with Crippen molar-refractivity contribution in [1.29, 1.82) is 0 Å². The third kappa shape index (κ3) is 5.10. The predicted molar refractivity (Wildman–Crippen MR) is 118 cm³/mol. The van der Waals surface area contributed by atoms with E-state index in [1.807, 2.05) is 0 Å².